The molecule has 2 atom stereocenters. The molecule has 0 saturated heterocycles. The van der Waals surface area contributed by atoms with E-state index >= 15 is 0 Å². The summed E-state index contributed by atoms with van der Waals surface area (Å²) in [5, 5.41) is 4.26. The second-order valence-electron chi connectivity index (χ2n) is 9.71. The third-order valence-electron chi connectivity index (χ3n) is 7.71. The average molecular weight is 317 g/mol. The van der Waals surface area contributed by atoms with Gasteiger partial charge in [0.05, 0.1) is 0 Å². The number of aliphatic imine (C=N–C) groups is 1. The Bertz CT molecular complexity index is 464. The number of hydrogen-bond acceptors (Lipinski definition) is 2. The van der Waals surface area contributed by atoms with E-state index in [4.69, 9.17) is 4.99 Å². The molecule has 0 aromatic rings. The first-order valence-corrected chi connectivity index (χ1v) is 10.4. The van der Waals surface area contributed by atoms with E-state index in [1.807, 2.05) is 0 Å². The van der Waals surface area contributed by atoms with E-state index in [0.717, 1.165) is 23.7 Å². The first-order chi connectivity index (χ1) is 11.0. The van der Waals surface area contributed by atoms with Crippen molar-refractivity contribution in [1.82, 2.24) is 5.32 Å². The molecule has 3 fully saturated rings. The molecule has 0 aromatic carbocycles. The largest absolute Gasteiger partial charge is 0.287 e. The molecule has 0 aromatic heterocycles. The van der Waals surface area contributed by atoms with Gasteiger partial charge in [-0.3, -0.25) is 10.3 Å². The molecule has 1 heterocycles. The number of fused-ring (bicyclic) bond motifs is 2. The van der Waals surface area contributed by atoms with Crippen molar-refractivity contribution in [2.24, 2.45) is 28.7 Å². The van der Waals surface area contributed by atoms with Crippen molar-refractivity contribution in [3.05, 3.63) is 0 Å². The number of rotatable bonds is 0. The molecule has 1 N–H and O–H groups in total. The fourth-order valence-corrected chi connectivity index (χ4v) is 5.98. The van der Waals surface area contributed by atoms with Crippen molar-refractivity contribution in [3.8, 4) is 0 Å². The molecule has 2 heteroatoms. The van der Waals surface area contributed by atoms with E-state index in [2.05, 4.69) is 26.1 Å². The molecule has 4 rings (SSSR count). The van der Waals surface area contributed by atoms with Crippen molar-refractivity contribution in [1.29, 1.82) is 0 Å². The topological polar surface area (TPSA) is 24.4 Å². The highest BCUT2D eigenvalue weighted by Gasteiger charge is 2.53. The van der Waals surface area contributed by atoms with Gasteiger partial charge in [-0.1, -0.05) is 20.8 Å². The maximum atomic E-state index is 5.44. The van der Waals surface area contributed by atoms with Crippen molar-refractivity contribution in [3.63, 3.8) is 0 Å². The maximum Gasteiger partial charge on any atom is 0.111 e. The van der Waals surface area contributed by atoms with E-state index < -0.39 is 0 Å². The average Bonchev–Trinajstić information content (AvgIpc) is 2.55. The van der Waals surface area contributed by atoms with E-state index in [1.54, 1.807) is 5.71 Å². The van der Waals surface area contributed by atoms with Gasteiger partial charge in [-0.15, -0.1) is 0 Å². The molecule has 0 amide bonds. The molecule has 130 valence electrons. The van der Waals surface area contributed by atoms with Crippen LogP contribution in [-0.2, 0) is 0 Å². The quantitative estimate of drug-likeness (QED) is 0.642. The van der Waals surface area contributed by atoms with Crippen molar-refractivity contribution in [2.75, 3.05) is 0 Å². The molecule has 2 nitrogen and oxygen atoms in total. The van der Waals surface area contributed by atoms with Crippen molar-refractivity contribution >= 4 is 5.71 Å². The first kappa shape index (κ1) is 16.1. The highest BCUT2D eigenvalue weighted by molar-refractivity contribution is 5.90. The predicted molar refractivity (Wildman–Crippen MR) is 97.8 cm³/mol. The minimum atomic E-state index is 0.111. The van der Waals surface area contributed by atoms with Crippen LogP contribution < -0.4 is 5.32 Å². The van der Waals surface area contributed by atoms with Crippen LogP contribution in [0.25, 0.3) is 0 Å². The van der Waals surface area contributed by atoms with Crippen LogP contribution >= 0.6 is 0 Å². The predicted octanol–water partition coefficient (Wildman–Crippen LogP) is 5.32. The molecule has 0 unspecified atom stereocenters. The Kier molecular flexibility index (Phi) is 4.11. The Morgan fingerprint density at radius 3 is 2.09 bits per heavy atom. The van der Waals surface area contributed by atoms with E-state index in [0.29, 0.717) is 5.54 Å². The summed E-state index contributed by atoms with van der Waals surface area (Å²) >= 11 is 0. The monoisotopic (exact) mass is 316 g/mol. The van der Waals surface area contributed by atoms with E-state index in [-0.39, 0.29) is 5.66 Å². The van der Waals surface area contributed by atoms with Gasteiger partial charge in [0.25, 0.3) is 0 Å². The van der Waals surface area contributed by atoms with Crippen LogP contribution in [0.1, 0.15) is 91.4 Å². The molecule has 2 spiro atoms. The standard InChI is InChI=1S/C21H36N2/c1-15-6-10-20(11-7-15)18-14-17(3)4-5-19(18)22-21(23-20)12-8-16(2)9-13-21/h15-18,23H,4-14H2,1-3H3/t15?,16?,17-,18+,20?,21?/m0/s1. The van der Waals surface area contributed by atoms with Gasteiger partial charge in [-0.25, -0.2) is 0 Å². The van der Waals surface area contributed by atoms with Gasteiger partial charge in [-0.2, -0.15) is 0 Å². The van der Waals surface area contributed by atoms with Crippen LogP contribution in [0.4, 0.5) is 0 Å². The van der Waals surface area contributed by atoms with Gasteiger partial charge in [-0.05, 0) is 88.4 Å². The molecule has 0 bridgehead atoms. The molecule has 4 aliphatic rings. The van der Waals surface area contributed by atoms with Crippen LogP contribution in [-0.4, -0.2) is 16.9 Å². The Balaban J connectivity index is 1.66. The van der Waals surface area contributed by atoms with Crippen molar-refractivity contribution < 1.29 is 0 Å². The molecular formula is C21H36N2. The van der Waals surface area contributed by atoms with Gasteiger partial charge in [0.1, 0.15) is 5.66 Å². The van der Waals surface area contributed by atoms with E-state index in [9.17, 15) is 0 Å². The summed E-state index contributed by atoms with van der Waals surface area (Å²) in [5.74, 6) is 3.45. The summed E-state index contributed by atoms with van der Waals surface area (Å²) in [4.78, 5) is 5.44. The van der Waals surface area contributed by atoms with Gasteiger partial charge < -0.3 is 0 Å². The van der Waals surface area contributed by atoms with Crippen LogP contribution in [0.3, 0.4) is 0 Å². The minimum absolute atomic E-state index is 0.111. The Hall–Kier alpha value is -0.370. The summed E-state index contributed by atoms with van der Waals surface area (Å²) in [6.07, 6.45) is 14.9. The number of nitrogens with one attached hydrogen (secondary N) is 1. The summed E-state index contributed by atoms with van der Waals surface area (Å²) in [7, 11) is 0. The van der Waals surface area contributed by atoms with Crippen molar-refractivity contribution in [2.45, 2.75) is 103 Å². The van der Waals surface area contributed by atoms with Gasteiger partial charge in [0, 0.05) is 17.2 Å². The number of nitrogens with zero attached hydrogens (tertiary/aromatic N) is 1. The zero-order chi connectivity index (χ0) is 16.1. The molecule has 3 saturated carbocycles. The maximum absolute atomic E-state index is 5.44. The summed E-state index contributed by atoms with van der Waals surface area (Å²) in [6.45, 7) is 7.33. The molecular weight excluding hydrogens is 280 g/mol. The third-order valence-corrected chi connectivity index (χ3v) is 7.71. The summed E-state index contributed by atoms with van der Waals surface area (Å²) in [5.41, 5.74) is 2.11. The zero-order valence-electron chi connectivity index (χ0n) is 15.5. The van der Waals surface area contributed by atoms with Gasteiger partial charge >= 0.3 is 0 Å². The SMILES string of the molecule is CC1CCC2(CC1)N=C1CC[C@H](C)C[C@H]1C1(CCC(C)CC1)N2. The smallest absolute Gasteiger partial charge is 0.111 e. The normalized spacial score (nSPS) is 50.7. The third kappa shape index (κ3) is 2.90. The highest BCUT2D eigenvalue weighted by atomic mass is 15.2. The summed E-state index contributed by atoms with van der Waals surface area (Å²) in [6, 6.07) is 0. The lowest BCUT2D eigenvalue weighted by molar-refractivity contribution is 0.0508. The molecule has 0 radical (unpaired) electrons. The number of hydrogen-bond donors (Lipinski definition) is 1. The van der Waals surface area contributed by atoms with Crippen LogP contribution in [0.2, 0.25) is 0 Å². The molecule has 3 aliphatic carbocycles. The van der Waals surface area contributed by atoms with Crippen LogP contribution in [0, 0.1) is 23.7 Å². The van der Waals surface area contributed by atoms with Crippen LogP contribution in [0.5, 0.6) is 0 Å². The van der Waals surface area contributed by atoms with Crippen LogP contribution in [0.15, 0.2) is 4.99 Å². The van der Waals surface area contributed by atoms with Gasteiger partial charge in [0.15, 0.2) is 0 Å². The highest BCUT2D eigenvalue weighted by Crippen LogP contribution is 2.49. The van der Waals surface area contributed by atoms with E-state index in [1.165, 1.54) is 70.6 Å². The first-order valence-electron chi connectivity index (χ1n) is 10.4. The summed E-state index contributed by atoms with van der Waals surface area (Å²) < 4.78 is 0. The fourth-order valence-electron chi connectivity index (χ4n) is 5.98. The lowest BCUT2D eigenvalue weighted by Crippen LogP contribution is -2.68. The Morgan fingerprint density at radius 1 is 0.826 bits per heavy atom. The lowest BCUT2D eigenvalue weighted by Gasteiger charge is -2.57. The Labute approximate surface area is 142 Å². The minimum Gasteiger partial charge on any atom is -0.287 e. The lowest BCUT2D eigenvalue weighted by atomic mass is 9.61. The molecule has 1 aliphatic heterocycles. The zero-order valence-corrected chi connectivity index (χ0v) is 15.5. The second kappa shape index (κ2) is 5.86. The second-order valence-corrected chi connectivity index (χ2v) is 9.71. The Morgan fingerprint density at radius 2 is 1.43 bits per heavy atom. The fraction of sp³-hybridized carbons (Fsp3) is 0.952. The molecule has 23 heavy (non-hydrogen) atoms. The van der Waals surface area contributed by atoms with Gasteiger partial charge in [0.2, 0.25) is 0 Å².